The number of hydrogen-bond donors (Lipinski definition) is 3. The monoisotopic (exact) mass is 1270 g/mol. The molecule has 2 heterocycles. The van der Waals surface area contributed by atoms with Crippen molar-refractivity contribution in [1.82, 2.24) is 20.9 Å². The summed E-state index contributed by atoms with van der Waals surface area (Å²) in [5.41, 5.74) is 1.08. The summed E-state index contributed by atoms with van der Waals surface area (Å²) < 4.78 is 50.0. The molecule has 0 aromatic heterocycles. The molecule has 23 heteroatoms. The second kappa shape index (κ2) is 38.9. The lowest BCUT2D eigenvalue weighted by Gasteiger charge is -2.29. The molecule has 4 amide bonds. The fraction of sp³-hybridized carbons (Fsp3) is 0.621. The highest BCUT2D eigenvalue weighted by Gasteiger charge is 2.48. The highest BCUT2D eigenvalue weighted by atomic mass is 35.5. The number of nitrogens with one attached hydrogen (secondary N) is 3. The minimum atomic E-state index is -1.28. The van der Waals surface area contributed by atoms with Gasteiger partial charge in [0.2, 0.25) is 23.6 Å². The number of carbonyl (C=O) groups is 9. The van der Waals surface area contributed by atoms with E-state index >= 15 is 0 Å². The maximum atomic E-state index is 14.0. The largest absolute Gasteiger partial charge is 0.495 e. The van der Waals surface area contributed by atoms with Gasteiger partial charge in [0.15, 0.2) is 11.9 Å². The van der Waals surface area contributed by atoms with E-state index in [1.165, 1.54) is 24.2 Å². The Balaban J connectivity index is 1.34. The Bertz CT molecular complexity index is 2680. The van der Waals surface area contributed by atoms with Crippen LogP contribution in [-0.4, -0.2) is 175 Å². The number of halogens is 1. The van der Waals surface area contributed by atoms with Crippen LogP contribution in [-0.2, 0) is 93.9 Å². The van der Waals surface area contributed by atoms with Gasteiger partial charge in [-0.2, -0.15) is 0 Å². The van der Waals surface area contributed by atoms with Crippen LogP contribution >= 0.6 is 11.6 Å². The first kappa shape index (κ1) is 74.9. The average Bonchev–Trinajstić information content (AvgIpc) is 2.12. The van der Waals surface area contributed by atoms with Crippen LogP contribution in [0.4, 0.5) is 0 Å². The van der Waals surface area contributed by atoms with Gasteiger partial charge in [0.25, 0.3) is 0 Å². The Kier molecular flexibility index (Phi) is 32.7. The molecule has 2 aliphatic heterocycles. The van der Waals surface area contributed by atoms with E-state index in [-0.39, 0.29) is 126 Å². The number of methoxy groups -OCH3 is 2. The fourth-order valence-electron chi connectivity index (χ4n) is 9.63. The first-order valence-electron chi connectivity index (χ1n) is 30.7. The molecule has 8 atom stereocenters. The van der Waals surface area contributed by atoms with Crippen molar-refractivity contribution in [2.45, 2.75) is 150 Å². The third-order valence-electron chi connectivity index (χ3n) is 15.3. The molecule has 494 valence electrons. The second-order valence-corrected chi connectivity index (χ2v) is 24.2. The minimum Gasteiger partial charge on any atom is -0.495 e. The van der Waals surface area contributed by atoms with E-state index < -0.39 is 83.3 Å². The Morgan fingerprint density at radius 3 is 2.11 bits per heavy atom. The maximum absolute atomic E-state index is 14.0. The van der Waals surface area contributed by atoms with E-state index in [2.05, 4.69) is 22.5 Å². The lowest BCUT2D eigenvalue weighted by atomic mass is 9.88. The van der Waals surface area contributed by atoms with Gasteiger partial charge in [0.05, 0.1) is 88.8 Å². The molecule has 2 aromatic carbocycles. The molecule has 0 unspecified atom stereocenters. The van der Waals surface area contributed by atoms with E-state index in [1.807, 2.05) is 58.9 Å². The molecular weight excluding hydrogens is 1170 g/mol. The summed E-state index contributed by atoms with van der Waals surface area (Å²) in [6, 6.07) is 10.7. The predicted octanol–water partition coefficient (Wildman–Crippen LogP) is 6.79. The number of aryl methyl sites for hydroxylation is 1. The summed E-state index contributed by atoms with van der Waals surface area (Å²) in [4.78, 5) is 123. The normalized spacial score (nSPS) is 20.2. The van der Waals surface area contributed by atoms with Crippen LogP contribution in [0.25, 0.3) is 0 Å². The number of hydrogen-bond acceptors (Lipinski definition) is 18. The molecule has 0 saturated carbocycles. The predicted molar refractivity (Wildman–Crippen MR) is 331 cm³/mol. The summed E-state index contributed by atoms with van der Waals surface area (Å²) in [7, 11) is 3.08. The molecular formula is C66H95ClN4O18. The average molecular weight is 1270 g/mol. The van der Waals surface area contributed by atoms with Crippen LogP contribution < -0.4 is 20.7 Å². The molecule has 1 fully saturated rings. The Morgan fingerprint density at radius 2 is 1.48 bits per heavy atom. The van der Waals surface area contributed by atoms with Crippen molar-refractivity contribution in [3.05, 3.63) is 89.0 Å². The topological polar surface area (TPSA) is 279 Å². The summed E-state index contributed by atoms with van der Waals surface area (Å²) in [6.45, 7) is 19.9. The van der Waals surface area contributed by atoms with E-state index in [1.54, 1.807) is 52.2 Å². The molecule has 89 heavy (non-hydrogen) atoms. The van der Waals surface area contributed by atoms with Gasteiger partial charge in [-0.25, -0.2) is 4.79 Å². The number of rotatable bonds is 37. The van der Waals surface area contributed by atoms with Crippen LogP contribution in [0, 0.1) is 29.1 Å². The summed E-state index contributed by atoms with van der Waals surface area (Å²) in [5, 5.41) is 8.69. The number of ketones is 2. The zero-order valence-corrected chi connectivity index (χ0v) is 54.3. The highest BCUT2D eigenvalue weighted by Crippen LogP contribution is 2.45. The van der Waals surface area contributed by atoms with Gasteiger partial charge in [0, 0.05) is 70.7 Å². The number of cyclic esters (lactones) is 2. The molecule has 0 aliphatic carbocycles. The van der Waals surface area contributed by atoms with Gasteiger partial charge in [0.1, 0.15) is 36.4 Å². The fourth-order valence-corrected chi connectivity index (χ4v) is 9.91. The molecule has 0 radical (unpaired) electrons. The van der Waals surface area contributed by atoms with Crippen molar-refractivity contribution in [3.63, 3.8) is 0 Å². The number of nitrogens with zero attached hydrogens (tertiary/aromatic N) is 1. The molecule has 2 aliphatic rings. The number of amides is 4. The lowest BCUT2D eigenvalue weighted by Crippen LogP contribution is -2.51. The van der Waals surface area contributed by atoms with E-state index in [9.17, 15) is 43.2 Å². The molecule has 4 rings (SSSR count). The zero-order valence-electron chi connectivity index (χ0n) is 53.6. The lowest BCUT2D eigenvalue weighted by molar-refractivity contribution is -0.179. The summed E-state index contributed by atoms with van der Waals surface area (Å²) in [6.07, 6.45) is 1.98. The van der Waals surface area contributed by atoms with Gasteiger partial charge in [-0.15, -0.1) is 0 Å². The Hall–Kier alpha value is -6.56. The Labute approximate surface area is 529 Å². The van der Waals surface area contributed by atoms with Gasteiger partial charge >= 0.3 is 17.9 Å². The molecule has 0 bridgehead atoms. The van der Waals surface area contributed by atoms with E-state index in [4.69, 9.17) is 54.2 Å². The van der Waals surface area contributed by atoms with Crippen LogP contribution in [0.1, 0.15) is 123 Å². The first-order valence-corrected chi connectivity index (χ1v) is 31.1. The number of epoxide rings is 1. The van der Waals surface area contributed by atoms with Gasteiger partial charge in [-0.05, 0) is 80.3 Å². The van der Waals surface area contributed by atoms with E-state index in [0.29, 0.717) is 55.8 Å². The molecule has 1 saturated heterocycles. The number of benzene rings is 2. The Morgan fingerprint density at radius 1 is 0.831 bits per heavy atom. The van der Waals surface area contributed by atoms with Gasteiger partial charge < -0.3 is 63.5 Å². The number of Topliss-reactive ketones (excluding diaryl/α,β-unsaturated/α-hetero) is 2. The molecule has 22 nitrogen and oxygen atoms in total. The van der Waals surface area contributed by atoms with Crippen molar-refractivity contribution in [1.29, 1.82) is 0 Å². The van der Waals surface area contributed by atoms with Crippen LogP contribution in [0.3, 0.4) is 0 Å². The third-order valence-corrected chi connectivity index (χ3v) is 15.6. The van der Waals surface area contributed by atoms with Crippen molar-refractivity contribution in [2.75, 3.05) is 86.7 Å². The minimum absolute atomic E-state index is 0.00604. The van der Waals surface area contributed by atoms with Crippen LogP contribution in [0.2, 0.25) is 5.02 Å². The van der Waals surface area contributed by atoms with Crippen molar-refractivity contribution in [3.8, 4) is 5.75 Å². The SMILES string of the molecule is C=CCOC(=O)CCN(CCC(=O)C[C@H](C(=O)N[C@@H](C)C(=O)CCc1ccc([C@H]2O[C@@H]2[C@@H](C)[C@@H]2C/C=C/C(=O)N[C@@H](Cc3ccc(OC)c(Cl)c3)C(=O)NCC(C)(C)C(=O)O[C@@H](CC(C)C)C(=O)O2)cc1)C(C)C)C(=O)CCOCCOCCOCCOC. The van der Waals surface area contributed by atoms with Gasteiger partial charge in [-0.1, -0.05) is 95.3 Å². The quantitative estimate of drug-likeness (QED) is 0.0206. The zero-order chi connectivity index (χ0) is 65.6. The van der Waals surface area contributed by atoms with Crippen molar-refractivity contribution < 1.29 is 85.8 Å². The smallest absolute Gasteiger partial charge is 0.347 e. The van der Waals surface area contributed by atoms with Crippen molar-refractivity contribution >= 4 is 64.7 Å². The van der Waals surface area contributed by atoms with Crippen LogP contribution in [0.15, 0.2) is 67.3 Å². The standard InChI is InChI=1S/C66H95ClN4O18/c1-12-29-86-59(76)25-28-71(58(75)26-30-83-33-34-85-36-35-84-32-31-81-10)27-24-49(72)40-50(43(4)5)62(77)69-45(7)53(73)22-18-46-16-20-48(21-17-46)61-60(89-61)44(6)54-14-13-15-57(74)70-52(39-47-19-23-55(82-11)51(67)38-47)63(78)68-41-66(8,9)65(80)88-56(37-42(2)3)64(79)87-54/h12-13,15-17,19-21,23,38,42-45,50,52,54,56,60-61H,1,14,18,22,24-37,39-41H2,2-11H3,(H,68,78)(H,69,77)(H,70,74)/b15-13+/t44-,45-,50-,52-,54-,56-,60+,61+/m0/s1. The van der Waals surface area contributed by atoms with Crippen molar-refractivity contribution in [2.24, 2.45) is 29.1 Å². The first-order chi connectivity index (χ1) is 42.4. The number of esters is 3. The molecule has 3 N–H and O–H groups in total. The summed E-state index contributed by atoms with van der Waals surface area (Å²) >= 11 is 6.39. The maximum Gasteiger partial charge on any atom is 0.347 e. The van der Waals surface area contributed by atoms with E-state index in [0.717, 1.165) is 11.1 Å². The highest BCUT2D eigenvalue weighted by molar-refractivity contribution is 6.32. The molecule has 0 spiro atoms. The number of carbonyl (C=O) groups excluding carboxylic acids is 9. The third kappa shape index (κ3) is 26.8. The summed E-state index contributed by atoms with van der Waals surface area (Å²) in [5.74, 6) is -5.37. The van der Waals surface area contributed by atoms with Gasteiger partial charge in [-0.3, -0.25) is 38.4 Å². The second-order valence-electron chi connectivity index (χ2n) is 23.8. The number of ether oxygens (including phenoxy) is 9. The molecule has 2 aromatic rings. The van der Waals surface area contributed by atoms with Crippen LogP contribution in [0.5, 0.6) is 5.75 Å².